The van der Waals surface area contributed by atoms with Crippen LogP contribution >= 0.6 is 0 Å². The number of oxazole rings is 1. The van der Waals surface area contributed by atoms with E-state index < -0.39 is 19.1 Å². The average molecular weight is 572 g/mol. The number of benzene rings is 3. The zero-order chi connectivity index (χ0) is 28.7. The second-order valence-corrected chi connectivity index (χ2v) is 15.1. The van der Waals surface area contributed by atoms with E-state index in [9.17, 15) is 8.42 Å². The number of hydrogen-bond acceptors (Lipinski definition) is 5. The molecule has 0 amide bonds. The molecule has 0 unspecified atom stereocenters. The molecule has 0 saturated heterocycles. The molecular formula is C32H35N2O4SSi. The quantitative estimate of drug-likeness (QED) is 0.180. The van der Waals surface area contributed by atoms with E-state index in [1.807, 2.05) is 55.5 Å². The van der Waals surface area contributed by atoms with Crippen molar-refractivity contribution in [3.05, 3.63) is 107 Å². The third-order valence-corrected chi connectivity index (χ3v) is 9.52. The molecule has 0 spiro atoms. The van der Waals surface area contributed by atoms with Crippen molar-refractivity contribution in [3.63, 3.8) is 0 Å². The predicted octanol–water partition coefficient (Wildman–Crippen LogP) is 7.50. The van der Waals surface area contributed by atoms with Gasteiger partial charge >= 0.3 is 0 Å². The van der Waals surface area contributed by atoms with Crippen LogP contribution in [0, 0.1) is 6.92 Å². The highest BCUT2D eigenvalue weighted by atomic mass is 32.2. The van der Waals surface area contributed by atoms with Gasteiger partial charge in [-0.25, -0.2) is 17.4 Å². The lowest BCUT2D eigenvalue weighted by molar-refractivity contribution is 0.315. The SMILES string of the molecule is Cc1oc(-c2ccccc2)nc1Cc1c(CO[Si](C)C)c2cc(C(C)(C)C)ccc2n1S(=O)(=O)c1ccccc1. The van der Waals surface area contributed by atoms with Crippen LogP contribution in [0.5, 0.6) is 0 Å². The van der Waals surface area contributed by atoms with Gasteiger partial charge in [-0.1, -0.05) is 63.2 Å². The first kappa shape index (κ1) is 28.1. The second-order valence-electron chi connectivity index (χ2n) is 11.3. The van der Waals surface area contributed by atoms with Crippen molar-refractivity contribution in [2.24, 2.45) is 0 Å². The highest BCUT2D eigenvalue weighted by Gasteiger charge is 2.29. The predicted molar refractivity (Wildman–Crippen MR) is 161 cm³/mol. The lowest BCUT2D eigenvalue weighted by atomic mass is 9.86. The van der Waals surface area contributed by atoms with Gasteiger partial charge in [0.05, 0.1) is 22.7 Å². The Morgan fingerprint density at radius 1 is 0.950 bits per heavy atom. The van der Waals surface area contributed by atoms with Gasteiger partial charge in [0.15, 0.2) is 0 Å². The van der Waals surface area contributed by atoms with Crippen molar-refractivity contribution in [2.75, 3.05) is 0 Å². The van der Waals surface area contributed by atoms with Gasteiger partial charge < -0.3 is 8.84 Å². The highest BCUT2D eigenvalue weighted by molar-refractivity contribution is 7.90. The monoisotopic (exact) mass is 571 g/mol. The van der Waals surface area contributed by atoms with Crippen LogP contribution in [-0.2, 0) is 32.9 Å². The summed E-state index contributed by atoms with van der Waals surface area (Å²) in [4.78, 5) is 5.06. The molecule has 2 heterocycles. The van der Waals surface area contributed by atoms with E-state index in [2.05, 4.69) is 39.9 Å². The van der Waals surface area contributed by atoms with Crippen LogP contribution in [0.2, 0.25) is 13.1 Å². The summed E-state index contributed by atoms with van der Waals surface area (Å²) in [5.41, 5.74) is 4.74. The third-order valence-electron chi connectivity index (χ3n) is 7.03. The second kappa shape index (κ2) is 10.8. The van der Waals surface area contributed by atoms with Gasteiger partial charge in [-0.05, 0) is 67.4 Å². The molecule has 3 aromatic carbocycles. The standard InChI is InChI=1S/C32H35N2O4SSi/c1-22-28(33-31(38-22)23-13-9-7-10-14-23)20-30-27(21-37-40(5)6)26-19-24(32(2,3)4)17-18-29(26)34(30)39(35,36)25-15-11-8-12-16-25/h7-19H,20-21H2,1-6H3. The third kappa shape index (κ3) is 5.44. The number of fused-ring (bicyclic) bond motifs is 1. The molecule has 0 fully saturated rings. The Balaban J connectivity index is 1.78. The number of rotatable bonds is 8. The first-order valence-electron chi connectivity index (χ1n) is 13.4. The van der Waals surface area contributed by atoms with E-state index in [-0.39, 0.29) is 16.7 Å². The maximum atomic E-state index is 14.3. The van der Waals surface area contributed by atoms with Gasteiger partial charge in [0, 0.05) is 28.6 Å². The Kier molecular flexibility index (Phi) is 7.61. The Morgan fingerprint density at radius 3 is 2.23 bits per heavy atom. The minimum atomic E-state index is -3.93. The first-order valence-corrected chi connectivity index (χ1v) is 17.2. The van der Waals surface area contributed by atoms with E-state index in [1.165, 1.54) is 3.97 Å². The lowest BCUT2D eigenvalue weighted by Crippen LogP contribution is -2.17. The summed E-state index contributed by atoms with van der Waals surface area (Å²) in [5, 5.41) is 0.884. The average Bonchev–Trinajstić information content (AvgIpc) is 3.45. The lowest BCUT2D eigenvalue weighted by Gasteiger charge is -2.19. The molecule has 1 radical (unpaired) electrons. The first-order chi connectivity index (χ1) is 19.0. The summed E-state index contributed by atoms with van der Waals surface area (Å²) in [6, 6.07) is 24.4. The Labute approximate surface area is 238 Å². The van der Waals surface area contributed by atoms with E-state index in [0.717, 1.165) is 22.1 Å². The molecule has 5 rings (SSSR count). The zero-order valence-electron chi connectivity index (χ0n) is 23.9. The Hall–Kier alpha value is -3.46. The summed E-state index contributed by atoms with van der Waals surface area (Å²) in [5.74, 6) is 1.17. The molecule has 0 bridgehead atoms. The molecule has 0 atom stereocenters. The van der Waals surface area contributed by atoms with Gasteiger partial charge in [0.2, 0.25) is 14.9 Å². The molecule has 2 aromatic heterocycles. The largest absolute Gasteiger partial charge is 0.441 e. The molecule has 207 valence electrons. The van der Waals surface area contributed by atoms with E-state index in [1.54, 1.807) is 24.3 Å². The smallest absolute Gasteiger partial charge is 0.268 e. The summed E-state index contributed by atoms with van der Waals surface area (Å²) >= 11 is 0. The highest BCUT2D eigenvalue weighted by Crippen LogP contribution is 2.36. The zero-order valence-corrected chi connectivity index (χ0v) is 25.7. The molecule has 0 aliphatic heterocycles. The number of aryl methyl sites for hydroxylation is 1. The summed E-state index contributed by atoms with van der Waals surface area (Å²) in [6.07, 6.45) is 0.280. The molecule has 0 N–H and O–H groups in total. The van der Waals surface area contributed by atoms with Crippen molar-refractivity contribution in [3.8, 4) is 11.5 Å². The minimum Gasteiger partial charge on any atom is -0.441 e. The summed E-state index contributed by atoms with van der Waals surface area (Å²) in [6.45, 7) is 12.8. The fourth-order valence-electron chi connectivity index (χ4n) is 4.83. The molecule has 0 aliphatic rings. The van der Waals surface area contributed by atoms with Gasteiger partial charge in [0.25, 0.3) is 10.0 Å². The van der Waals surface area contributed by atoms with Gasteiger partial charge in [0.1, 0.15) is 5.76 Å². The fraction of sp³-hybridized carbons (Fsp3) is 0.281. The van der Waals surface area contributed by atoms with E-state index in [0.29, 0.717) is 35.2 Å². The molecule has 40 heavy (non-hydrogen) atoms. The summed E-state index contributed by atoms with van der Waals surface area (Å²) in [7, 11) is -4.97. The maximum Gasteiger partial charge on any atom is 0.268 e. The Bertz CT molecular complexity index is 1750. The number of aromatic nitrogens is 2. The van der Waals surface area contributed by atoms with Crippen LogP contribution in [0.1, 0.15) is 49.0 Å². The van der Waals surface area contributed by atoms with E-state index in [4.69, 9.17) is 13.8 Å². The van der Waals surface area contributed by atoms with Gasteiger partial charge in [-0.2, -0.15) is 0 Å². The topological polar surface area (TPSA) is 74.3 Å². The Morgan fingerprint density at radius 2 is 1.60 bits per heavy atom. The van der Waals surface area contributed by atoms with Crippen molar-refractivity contribution in [2.45, 2.75) is 64.1 Å². The van der Waals surface area contributed by atoms with Gasteiger partial charge in [-0.3, -0.25) is 0 Å². The van der Waals surface area contributed by atoms with Crippen LogP contribution in [-0.4, -0.2) is 26.4 Å². The normalized spacial score (nSPS) is 12.5. The summed E-state index contributed by atoms with van der Waals surface area (Å²) < 4.78 is 42.4. The molecule has 6 nitrogen and oxygen atoms in total. The molecule has 8 heteroatoms. The van der Waals surface area contributed by atoms with Crippen LogP contribution in [0.25, 0.3) is 22.4 Å². The maximum absolute atomic E-state index is 14.3. The van der Waals surface area contributed by atoms with Gasteiger partial charge in [-0.15, -0.1) is 0 Å². The fourth-order valence-corrected chi connectivity index (χ4v) is 6.86. The molecule has 0 aliphatic carbocycles. The minimum absolute atomic E-state index is 0.107. The van der Waals surface area contributed by atoms with Crippen molar-refractivity contribution in [1.29, 1.82) is 0 Å². The van der Waals surface area contributed by atoms with Crippen molar-refractivity contribution in [1.82, 2.24) is 8.96 Å². The van der Waals surface area contributed by atoms with Crippen molar-refractivity contribution < 1.29 is 17.3 Å². The van der Waals surface area contributed by atoms with Crippen LogP contribution < -0.4 is 0 Å². The van der Waals surface area contributed by atoms with Crippen LogP contribution in [0.4, 0.5) is 0 Å². The number of nitrogens with zero attached hydrogens (tertiary/aromatic N) is 2. The molecule has 0 saturated carbocycles. The van der Waals surface area contributed by atoms with Crippen LogP contribution in [0.15, 0.2) is 88.2 Å². The number of hydrogen-bond donors (Lipinski definition) is 0. The van der Waals surface area contributed by atoms with Crippen LogP contribution in [0.3, 0.4) is 0 Å². The van der Waals surface area contributed by atoms with Crippen molar-refractivity contribution >= 4 is 30.0 Å². The molecule has 5 aromatic rings. The van der Waals surface area contributed by atoms with E-state index >= 15 is 0 Å². The molecular weight excluding hydrogens is 537 g/mol.